The summed E-state index contributed by atoms with van der Waals surface area (Å²) in [5, 5.41) is 6.36. The van der Waals surface area contributed by atoms with Crippen molar-refractivity contribution < 1.29 is 22.4 Å². The van der Waals surface area contributed by atoms with E-state index in [0.29, 0.717) is 30.2 Å². The molecule has 1 unspecified atom stereocenters. The highest BCUT2D eigenvalue weighted by molar-refractivity contribution is 7.92. The minimum atomic E-state index is -3.40. The molecule has 3 heterocycles. The van der Waals surface area contributed by atoms with Crippen LogP contribution in [0.1, 0.15) is 35.6 Å². The number of anilines is 1. The van der Waals surface area contributed by atoms with Crippen LogP contribution < -0.4 is 15.4 Å². The SMILES string of the molecule is CCS(=O)(=O)Nc1ccc2c(c1)cc1n2C(CC(=O)NCc2ccco2)CNC1=O. The number of rotatable bonds is 7. The van der Waals surface area contributed by atoms with E-state index in [0.717, 1.165) is 10.9 Å². The third-order valence-corrected chi connectivity index (χ3v) is 6.36. The van der Waals surface area contributed by atoms with Crippen LogP contribution in [0.4, 0.5) is 5.69 Å². The number of fused-ring (bicyclic) bond motifs is 3. The summed E-state index contributed by atoms with van der Waals surface area (Å²) < 4.78 is 33.3. The molecule has 0 spiro atoms. The molecule has 4 rings (SSSR count). The molecule has 0 bridgehead atoms. The zero-order chi connectivity index (χ0) is 21.3. The Morgan fingerprint density at radius 1 is 1.30 bits per heavy atom. The Labute approximate surface area is 173 Å². The summed E-state index contributed by atoms with van der Waals surface area (Å²) in [4.78, 5) is 24.8. The van der Waals surface area contributed by atoms with E-state index in [1.165, 1.54) is 0 Å². The number of aromatic nitrogens is 1. The standard InChI is InChI=1S/C20H22N4O5S/c1-2-30(27,28)23-14-5-6-17-13(8-14)9-18-20(26)22-11-15(24(17)18)10-19(25)21-12-16-4-3-7-29-16/h3-9,15,23H,2,10-12H2,1H3,(H,21,25)(H,22,26). The fraction of sp³-hybridized carbons (Fsp3) is 0.300. The maximum Gasteiger partial charge on any atom is 0.268 e. The van der Waals surface area contributed by atoms with Gasteiger partial charge in [-0.15, -0.1) is 0 Å². The summed E-state index contributed by atoms with van der Waals surface area (Å²) in [6.07, 6.45) is 1.73. The first-order valence-electron chi connectivity index (χ1n) is 9.59. The van der Waals surface area contributed by atoms with Crippen LogP contribution in [0.2, 0.25) is 0 Å². The number of nitrogens with zero attached hydrogens (tertiary/aromatic N) is 1. The van der Waals surface area contributed by atoms with E-state index in [2.05, 4.69) is 15.4 Å². The van der Waals surface area contributed by atoms with E-state index in [9.17, 15) is 18.0 Å². The molecule has 0 aliphatic carbocycles. The molecule has 0 radical (unpaired) electrons. The Hall–Kier alpha value is -3.27. The Morgan fingerprint density at radius 3 is 2.87 bits per heavy atom. The first-order chi connectivity index (χ1) is 14.4. The Balaban J connectivity index is 1.58. The fourth-order valence-electron chi connectivity index (χ4n) is 3.56. The minimum absolute atomic E-state index is 0.0328. The Bertz CT molecular complexity index is 1200. The lowest BCUT2D eigenvalue weighted by Crippen LogP contribution is -2.40. The summed E-state index contributed by atoms with van der Waals surface area (Å²) in [5.41, 5.74) is 1.64. The molecule has 1 atom stereocenters. The summed E-state index contributed by atoms with van der Waals surface area (Å²) in [7, 11) is -3.40. The maximum atomic E-state index is 12.4. The number of carbonyl (C=O) groups excluding carboxylic acids is 2. The number of furan rings is 1. The molecule has 1 aliphatic heterocycles. The van der Waals surface area contributed by atoms with Crippen LogP contribution in [0.15, 0.2) is 47.1 Å². The second-order valence-electron chi connectivity index (χ2n) is 7.10. The molecule has 158 valence electrons. The predicted octanol–water partition coefficient (Wildman–Crippen LogP) is 1.99. The molecule has 2 aromatic heterocycles. The number of carbonyl (C=O) groups is 2. The van der Waals surface area contributed by atoms with Crippen LogP contribution >= 0.6 is 0 Å². The van der Waals surface area contributed by atoms with E-state index in [1.807, 2.05) is 4.57 Å². The second-order valence-corrected chi connectivity index (χ2v) is 9.11. The van der Waals surface area contributed by atoms with Gasteiger partial charge in [0.15, 0.2) is 0 Å². The van der Waals surface area contributed by atoms with Crippen LogP contribution in [0.25, 0.3) is 10.9 Å². The third-order valence-electron chi connectivity index (χ3n) is 5.05. The molecule has 30 heavy (non-hydrogen) atoms. The van der Waals surface area contributed by atoms with Gasteiger partial charge in [0.25, 0.3) is 5.91 Å². The van der Waals surface area contributed by atoms with Crippen LogP contribution in [0, 0.1) is 0 Å². The molecule has 3 aromatic rings. The Kier molecular flexibility index (Phi) is 5.25. The number of nitrogens with one attached hydrogen (secondary N) is 3. The average molecular weight is 430 g/mol. The Morgan fingerprint density at radius 2 is 2.13 bits per heavy atom. The molecule has 2 amide bonds. The summed E-state index contributed by atoms with van der Waals surface area (Å²) in [6.45, 7) is 2.18. The molecule has 9 nitrogen and oxygen atoms in total. The van der Waals surface area contributed by atoms with Crippen molar-refractivity contribution in [2.24, 2.45) is 0 Å². The van der Waals surface area contributed by atoms with Crippen molar-refractivity contribution in [1.82, 2.24) is 15.2 Å². The highest BCUT2D eigenvalue weighted by Gasteiger charge is 2.28. The number of amides is 2. The predicted molar refractivity (Wildman–Crippen MR) is 112 cm³/mol. The van der Waals surface area contributed by atoms with Gasteiger partial charge in [-0.3, -0.25) is 14.3 Å². The smallest absolute Gasteiger partial charge is 0.268 e. The lowest BCUT2D eigenvalue weighted by molar-refractivity contribution is -0.122. The van der Waals surface area contributed by atoms with E-state index < -0.39 is 10.0 Å². The quantitative estimate of drug-likeness (QED) is 0.529. The first-order valence-corrected chi connectivity index (χ1v) is 11.2. The summed E-state index contributed by atoms with van der Waals surface area (Å²) in [5.74, 6) is 0.241. The van der Waals surface area contributed by atoms with Gasteiger partial charge in [0.1, 0.15) is 11.5 Å². The molecule has 1 aromatic carbocycles. The van der Waals surface area contributed by atoms with Gasteiger partial charge in [-0.05, 0) is 43.3 Å². The van der Waals surface area contributed by atoms with Gasteiger partial charge < -0.3 is 19.6 Å². The number of sulfonamides is 1. The first kappa shape index (κ1) is 20.0. The van der Waals surface area contributed by atoms with Crippen molar-refractivity contribution >= 4 is 38.4 Å². The van der Waals surface area contributed by atoms with Gasteiger partial charge in [0.05, 0.1) is 24.6 Å². The average Bonchev–Trinajstić information content (AvgIpc) is 3.36. The molecular weight excluding hydrogens is 408 g/mol. The van der Waals surface area contributed by atoms with Crippen LogP contribution in [-0.2, 0) is 21.4 Å². The van der Waals surface area contributed by atoms with Crippen LogP contribution in [0.5, 0.6) is 0 Å². The fourth-order valence-corrected chi connectivity index (χ4v) is 4.19. The second kappa shape index (κ2) is 7.86. The third kappa shape index (κ3) is 4.04. The minimum Gasteiger partial charge on any atom is -0.467 e. The van der Waals surface area contributed by atoms with E-state index >= 15 is 0 Å². The van der Waals surface area contributed by atoms with Crippen molar-refractivity contribution in [3.05, 3.63) is 54.1 Å². The molecule has 0 saturated carbocycles. The lowest BCUT2D eigenvalue weighted by Gasteiger charge is -2.27. The normalized spacial score (nSPS) is 16.2. The van der Waals surface area contributed by atoms with Crippen molar-refractivity contribution in [3.63, 3.8) is 0 Å². The van der Waals surface area contributed by atoms with Crippen molar-refractivity contribution in [2.45, 2.75) is 25.9 Å². The lowest BCUT2D eigenvalue weighted by atomic mass is 10.1. The molecule has 0 saturated heterocycles. The highest BCUT2D eigenvalue weighted by atomic mass is 32.2. The monoisotopic (exact) mass is 430 g/mol. The van der Waals surface area contributed by atoms with Gasteiger partial charge in [-0.25, -0.2) is 8.42 Å². The molecular formula is C20H22N4O5S. The molecule has 1 aliphatic rings. The molecule has 3 N–H and O–H groups in total. The van der Waals surface area contributed by atoms with Crippen molar-refractivity contribution in [3.8, 4) is 0 Å². The van der Waals surface area contributed by atoms with E-state index in [4.69, 9.17) is 4.42 Å². The van der Waals surface area contributed by atoms with Crippen LogP contribution in [0.3, 0.4) is 0 Å². The topological polar surface area (TPSA) is 122 Å². The van der Waals surface area contributed by atoms with Gasteiger partial charge in [0.2, 0.25) is 15.9 Å². The largest absolute Gasteiger partial charge is 0.467 e. The van der Waals surface area contributed by atoms with Crippen molar-refractivity contribution in [2.75, 3.05) is 17.0 Å². The van der Waals surface area contributed by atoms with E-state index in [-0.39, 0.29) is 30.0 Å². The number of hydrogen-bond donors (Lipinski definition) is 3. The van der Waals surface area contributed by atoms with Gasteiger partial charge in [-0.2, -0.15) is 0 Å². The highest BCUT2D eigenvalue weighted by Crippen LogP contribution is 2.30. The summed E-state index contributed by atoms with van der Waals surface area (Å²) in [6, 6.07) is 10.1. The summed E-state index contributed by atoms with van der Waals surface area (Å²) >= 11 is 0. The molecule has 10 heteroatoms. The molecule has 0 fully saturated rings. The van der Waals surface area contributed by atoms with Crippen molar-refractivity contribution in [1.29, 1.82) is 0 Å². The van der Waals surface area contributed by atoms with Crippen LogP contribution in [-0.4, -0.2) is 37.1 Å². The van der Waals surface area contributed by atoms with E-state index in [1.54, 1.807) is 49.6 Å². The zero-order valence-corrected chi connectivity index (χ0v) is 17.2. The van der Waals surface area contributed by atoms with Gasteiger partial charge in [0, 0.05) is 29.6 Å². The van der Waals surface area contributed by atoms with Gasteiger partial charge in [-0.1, -0.05) is 0 Å². The zero-order valence-electron chi connectivity index (χ0n) is 16.3. The van der Waals surface area contributed by atoms with Gasteiger partial charge >= 0.3 is 0 Å². The number of benzene rings is 1. The maximum absolute atomic E-state index is 12.4. The number of hydrogen-bond acceptors (Lipinski definition) is 5.